The van der Waals surface area contributed by atoms with Gasteiger partial charge in [0.05, 0.1) is 32.0 Å². The molecule has 0 aromatic heterocycles. The molecule has 0 saturated carbocycles. The van der Waals surface area contributed by atoms with Gasteiger partial charge in [0, 0.05) is 35.7 Å². The summed E-state index contributed by atoms with van der Waals surface area (Å²) >= 11 is 1.51. The van der Waals surface area contributed by atoms with Crippen molar-refractivity contribution in [2.75, 3.05) is 32.8 Å². The molecule has 0 unspecified atom stereocenters. The molecule has 8 heteroatoms. The van der Waals surface area contributed by atoms with Gasteiger partial charge in [-0.15, -0.1) is 0 Å². The van der Waals surface area contributed by atoms with Crippen LogP contribution >= 0.6 is 11.8 Å². The van der Waals surface area contributed by atoms with E-state index in [4.69, 9.17) is 18.9 Å². The molecular formula is C22H23NO6S. The van der Waals surface area contributed by atoms with Gasteiger partial charge in [-0.3, -0.25) is 4.79 Å². The number of ketones is 1. The highest BCUT2D eigenvalue weighted by molar-refractivity contribution is 8.03. The first kappa shape index (κ1) is 21.6. The molecule has 1 heterocycles. The summed E-state index contributed by atoms with van der Waals surface area (Å²) in [5, 5.41) is 0.849. The van der Waals surface area contributed by atoms with Crippen molar-refractivity contribution in [3.05, 3.63) is 47.0 Å². The van der Waals surface area contributed by atoms with Crippen molar-refractivity contribution in [1.29, 1.82) is 0 Å². The molecule has 1 aliphatic rings. The summed E-state index contributed by atoms with van der Waals surface area (Å²) < 4.78 is 21.5. The van der Waals surface area contributed by atoms with Crippen LogP contribution in [0.1, 0.15) is 24.2 Å². The molecule has 0 radical (unpaired) electrons. The average molecular weight is 429 g/mol. The summed E-state index contributed by atoms with van der Waals surface area (Å²) in [5.41, 5.74) is 1.05. The fourth-order valence-electron chi connectivity index (χ4n) is 3.12. The van der Waals surface area contributed by atoms with Gasteiger partial charge >= 0.3 is 5.97 Å². The normalized spacial score (nSPS) is 13.8. The molecule has 2 aromatic carbocycles. The van der Waals surface area contributed by atoms with Gasteiger partial charge in [0.25, 0.3) is 0 Å². The number of nitrogens with zero attached hydrogens (tertiary/aromatic N) is 1. The van der Waals surface area contributed by atoms with Crippen LogP contribution in [0.5, 0.6) is 23.0 Å². The lowest BCUT2D eigenvalue weighted by Gasteiger charge is -2.18. The molecule has 7 nitrogen and oxygen atoms in total. The molecule has 0 saturated heterocycles. The average Bonchev–Trinajstić information content (AvgIpc) is 3.07. The van der Waals surface area contributed by atoms with E-state index in [1.807, 2.05) is 17.9 Å². The van der Waals surface area contributed by atoms with Crippen LogP contribution in [0.3, 0.4) is 0 Å². The number of fused-ring (bicyclic) bond motifs is 1. The topological polar surface area (TPSA) is 74.3 Å². The number of carbonyl (C=O) groups is 2. The molecular weight excluding hydrogens is 406 g/mol. The lowest BCUT2D eigenvalue weighted by atomic mass is 10.1. The Balaban J connectivity index is 1.93. The van der Waals surface area contributed by atoms with Gasteiger partial charge in [0.2, 0.25) is 0 Å². The second kappa shape index (κ2) is 9.13. The molecule has 2 aromatic rings. The Morgan fingerprint density at radius 2 is 1.67 bits per heavy atom. The highest BCUT2D eigenvalue weighted by atomic mass is 32.2. The molecule has 0 N–H and O–H groups in total. The van der Waals surface area contributed by atoms with E-state index < -0.39 is 5.97 Å². The molecule has 1 aliphatic heterocycles. The molecule has 0 bridgehead atoms. The van der Waals surface area contributed by atoms with Crippen molar-refractivity contribution in [2.45, 2.75) is 18.7 Å². The van der Waals surface area contributed by atoms with Crippen molar-refractivity contribution < 1.29 is 28.5 Å². The zero-order valence-corrected chi connectivity index (χ0v) is 18.3. The number of thioether (sulfide) groups is 1. The Labute approximate surface area is 179 Å². The van der Waals surface area contributed by atoms with Crippen LogP contribution in [0.2, 0.25) is 0 Å². The van der Waals surface area contributed by atoms with E-state index >= 15 is 0 Å². The number of allylic oxidation sites excluding steroid dienone is 1. The van der Waals surface area contributed by atoms with Gasteiger partial charge in [0.15, 0.2) is 5.78 Å². The Kier molecular flexibility index (Phi) is 6.56. The zero-order chi connectivity index (χ0) is 21.8. The molecule has 0 atom stereocenters. The molecule has 0 amide bonds. The Morgan fingerprint density at radius 3 is 2.20 bits per heavy atom. The molecule has 0 fully saturated rings. The number of rotatable bonds is 7. The summed E-state index contributed by atoms with van der Waals surface area (Å²) in [7, 11) is 4.43. The minimum atomic E-state index is -0.612. The van der Waals surface area contributed by atoms with Gasteiger partial charge in [-0.1, -0.05) is 11.8 Å². The van der Waals surface area contributed by atoms with Crippen LogP contribution in [0.4, 0.5) is 5.69 Å². The maximum absolute atomic E-state index is 12.9. The van der Waals surface area contributed by atoms with Crippen LogP contribution < -0.4 is 23.8 Å². The minimum Gasteiger partial charge on any atom is -0.496 e. The lowest BCUT2D eigenvalue weighted by molar-refractivity contribution is -0.112. The molecule has 0 spiro atoms. The summed E-state index contributed by atoms with van der Waals surface area (Å²) in [4.78, 5) is 27.5. The first-order valence-electron chi connectivity index (χ1n) is 9.25. The van der Waals surface area contributed by atoms with Crippen molar-refractivity contribution in [3.8, 4) is 23.0 Å². The van der Waals surface area contributed by atoms with E-state index in [1.165, 1.54) is 40.0 Å². The summed E-state index contributed by atoms with van der Waals surface area (Å²) in [6, 6.07) is 8.56. The number of anilines is 1. The van der Waals surface area contributed by atoms with Gasteiger partial charge in [0.1, 0.15) is 28.6 Å². The Bertz CT molecular complexity index is 992. The van der Waals surface area contributed by atoms with Gasteiger partial charge in [-0.2, -0.15) is 0 Å². The van der Waals surface area contributed by atoms with E-state index in [0.717, 1.165) is 15.6 Å². The molecule has 3 rings (SSSR count). The molecule has 30 heavy (non-hydrogen) atoms. The van der Waals surface area contributed by atoms with Gasteiger partial charge in [-0.05, 0) is 26.0 Å². The van der Waals surface area contributed by atoms with E-state index in [-0.39, 0.29) is 22.8 Å². The zero-order valence-electron chi connectivity index (χ0n) is 17.5. The maximum atomic E-state index is 12.9. The van der Waals surface area contributed by atoms with E-state index in [9.17, 15) is 9.59 Å². The van der Waals surface area contributed by atoms with E-state index in [2.05, 4.69) is 0 Å². The third-order valence-electron chi connectivity index (χ3n) is 4.47. The largest absolute Gasteiger partial charge is 0.496 e. The number of carbonyl (C=O) groups excluding carboxylic acids is 2. The second-order valence-corrected chi connectivity index (χ2v) is 7.43. The van der Waals surface area contributed by atoms with Crippen LogP contribution in [0, 0.1) is 0 Å². The van der Waals surface area contributed by atoms with Crippen LogP contribution in [-0.2, 0) is 4.79 Å². The number of benzene rings is 2. The molecule has 0 aliphatic carbocycles. The second-order valence-electron chi connectivity index (χ2n) is 6.37. The van der Waals surface area contributed by atoms with Gasteiger partial charge in [-0.25, -0.2) is 4.79 Å². The van der Waals surface area contributed by atoms with Crippen molar-refractivity contribution >= 4 is 29.2 Å². The predicted octanol–water partition coefficient (Wildman–Crippen LogP) is 4.29. The summed E-state index contributed by atoms with van der Waals surface area (Å²) in [6.45, 7) is 4.19. The number of hydrogen-bond donors (Lipinski definition) is 0. The lowest BCUT2D eigenvalue weighted by Crippen LogP contribution is -2.17. The Hall–Kier alpha value is -3.13. The number of ether oxygens (including phenoxy) is 4. The van der Waals surface area contributed by atoms with Crippen molar-refractivity contribution in [2.24, 2.45) is 0 Å². The third kappa shape index (κ3) is 4.23. The first-order valence-corrected chi connectivity index (χ1v) is 10.1. The fourth-order valence-corrected chi connectivity index (χ4v) is 4.31. The highest BCUT2D eigenvalue weighted by Crippen LogP contribution is 2.47. The standard InChI is InChI=1S/C22H23NO6S/c1-6-23-16-10-14(7-8-19(16)30-20(23)9-13(2)24)29-22(25)21-17(27-4)11-15(26-3)12-18(21)28-5/h7-12H,6H2,1-5H3/b20-9-. The van der Waals surface area contributed by atoms with Crippen molar-refractivity contribution in [1.82, 2.24) is 0 Å². The van der Waals surface area contributed by atoms with Crippen LogP contribution in [0.25, 0.3) is 0 Å². The maximum Gasteiger partial charge on any atom is 0.351 e. The van der Waals surface area contributed by atoms with Gasteiger partial charge < -0.3 is 23.8 Å². The van der Waals surface area contributed by atoms with Crippen LogP contribution in [0.15, 0.2) is 46.3 Å². The predicted molar refractivity (Wildman–Crippen MR) is 115 cm³/mol. The summed E-state index contributed by atoms with van der Waals surface area (Å²) in [5.74, 6) is 0.818. The molecule has 158 valence electrons. The SMILES string of the molecule is CCN1/C(=C/C(C)=O)Sc2ccc(OC(=O)c3c(OC)cc(OC)cc3OC)cc21. The number of hydrogen-bond acceptors (Lipinski definition) is 8. The van der Waals surface area contributed by atoms with E-state index in [1.54, 1.807) is 30.3 Å². The summed E-state index contributed by atoms with van der Waals surface area (Å²) in [6.07, 6.45) is 1.60. The number of methoxy groups -OCH3 is 3. The van der Waals surface area contributed by atoms with Crippen LogP contribution in [-0.4, -0.2) is 39.6 Å². The minimum absolute atomic E-state index is 0.0193. The third-order valence-corrected chi connectivity index (χ3v) is 5.59. The highest BCUT2D eigenvalue weighted by Gasteiger charge is 2.27. The number of esters is 1. The first-order chi connectivity index (χ1) is 14.4. The van der Waals surface area contributed by atoms with E-state index in [0.29, 0.717) is 18.0 Å². The quantitative estimate of drug-likeness (QED) is 0.367. The monoisotopic (exact) mass is 429 g/mol. The van der Waals surface area contributed by atoms with Crippen molar-refractivity contribution in [3.63, 3.8) is 0 Å². The smallest absolute Gasteiger partial charge is 0.351 e. The fraction of sp³-hybridized carbons (Fsp3) is 0.273. The Morgan fingerprint density at radius 1 is 1.00 bits per heavy atom.